The van der Waals surface area contributed by atoms with Crippen molar-refractivity contribution < 1.29 is 9.63 Å². The van der Waals surface area contributed by atoms with Crippen LogP contribution in [0.5, 0.6) is 0 Å². The van der Waals surface area contributed by atoms with E-state index in [0.717, 1.165) is 15.6 Å². The van der Waals surface area contributed by atoms with E-state index in [1.165, 1.54) is 0 Å². The summed E-state index contributed by atoms with van der Waals surface area (Å²) in [5, 5.41) is 23.5. The van der Waals surface area contributed by atoms with Crippen molar-refractivity contribution in [3.05, 3.63) is 87.8 Å². The Kier molecular flexibility index (Phi) is 5.11. The third-order valence-electron chi connectivity index (χ3n) is 4.78. The molecule has 2 aromatic carbocycles. The molecule has 2 aromatic heterocycles. The smallest absolute Gasteiger partial charge is 0.173 e. The molecule has 0 saturated heterocycles. The number of aliphatic hydroxyl groups excluding tert-OH is 1. The van der Waals surface area contributed by atoms with Gasteiger partial charge in [0.25, 0.3) is 0 Å². The van der Waals surface area contributed by atoms with Crippen molar-refractivity contribution in [1.29, 1.82) is 0 Å². The monoisotopic (exact) mass is 438 g/mol. The zero-order valence-corrected chi connectivity index (χ0v) is 17.0. The third-order valence-corrected chi connectivity index (χ3v) is 5.30. The number of aromatic nitrogens is 4. The minimum atomic E-state index is -0.985. The van der Waals surface area contributed by atoms with Crippen molar-refractivity contribution in [2.24, 2.45) is 0 Å². The normalized spacial score (nSPS) is 13.4. The molecule has 6 nitrogen and oxygen atoms in total. The van der Waals surface area contributed by atoms with E-state index in [-0.39, 0.29) is 6.04 Å². The Bertz CT molecular complexity index is 1070. The number of aryl methyl sites for hydroxylation is 1. The van der Waals surface area contributed by atoms with E-state index in [0.29, 0.717) is 22.7 Å². The summed E-state index contributed by atoms with van der Waals surface area (Å²) in [6.07, 6.45) is 0.779. The summed E-state index contributed by atoms with van der Waals surface area (Å²) in [6, 6.07) is 17.7. The molecule has 4 aromatic rings. The average Bonchev–Trinajstić information content (AvgIpc) is 3.35. The molecule has 2 atom stereocenters. The highest BCUT2D eigenvalue weighted by atomic mass is 79.9. The van der Waals surface area contributed by atoms with Gasteiger partial charge in [0, 0.05) is 10.0 Å². The maximum absolute atomic E-state index is 11.0. The van der Waals surface area contributed by atoms with Crippen molar-refractivity contribution in [3.8, 4) is 11.3 Å². The lowest BCUT2D eigenvalue weighted by Crippen LogP contribution is -2.07. The zero-order chi connectivity index (χ0) is 19.7. The van der Waals surface area contributed by atoms with Crippen LogP contribution in [0.3, 0.4) is 0 Å². The topological polar surface area (TPSA) is 77.0 Å². The van der Waals surface area contributed by atoms with Gasteiger partial charge >= 0.3 is 0 Å². The van der Waals surface area contributed by atoms with Crippen molar-refractivity contribution in [2.45, 2.75) is 26.0 Å². The second kappa shape index (κ2) is 7.69. The summed E-state index contributed by atoms with van der Waals surface area (Å²) in [5.74, 6) is 0.531. The molecule has 0 bridgehead atoms. The van der Waals surface area contributed by atoms with E-state index >= 15 is 0 Å². The summed E-state index contributed by atoms with van der Waals surface area (Å²) in [7, 11) is 0. The first-order valence-electron chi connectivity index (χ1n) is 8.91. The highest BCUT2D eigenvalue weighted by molar-refractivity contribution is 9.10. The molecule has 0 amide bonds. The molecular formula is C21H19BrN4O2. The number of hydrogen-bond donors (Lipinski definition) is 1. The first-order chi connectivity index (χ1) is 13.5. The molecule has 0 aliphatic rings. The minimum Gasteiger partial charge on any atom is -0.382 e. The van der Waals surface area contributed by atoms with E-state index in [1.807, 2.05) is 61.5 Å². The van der Waals surface area contributed by atoms with Gasteiger partial charge in [0.05, 0.1) is 23.5 Å². The summed E-state index contributed by atoms with van der Waals surface area (Å²) in [4.78, 5) is 0. The molecule has 28 heavy (non-hydrogen) atoms. The third kappa shape index (κ3) is 3.50. The van der Waals surface area contributed by atoms with Crippen molar-refractivity contribution in [3.63, 3.8) is 0 Å². The van der Waals surface area contributed by atoms with Crippen LogP contribution >= 0.6 is 15.9 Å². The summed E-state index contributed by atoms with van der Waals surface area (Å²) in [6.45, 7) is 3.85. The highest BCUT2D eigenvalue weighted by Crippen LogP contribution is 2.34. The zero-order valence-electron chi connectivity index (χ0n) is 15.5. The van der Waals surface area contributed by atoms with E-state index in [9.17, 15) is 5.11 Å². The lowest BCUT2D eigenvalue weighted by Gasteiger charge is -2.11. The fourth-order valence-corrected chi connectivity index (χ4v) is 3.41. The van der Waals surface area contributed by atoms with Gasteiger partial charge in [-0.05, 0) is 31.5 Å². The Morgan fingerprint density at radius 3 is 2.50 bits per heavy atom. The van der Waals surface area contributed by atoms with Gasteiger partial charge in [0.15, 0.2) is 5.76 Å². The van der Waals surface area contributed by atoms with Gasteiger partial charge in [0.2, 0.25) is 0 Å². The molecule has 0 radical (unpaired) electrons. The van der Waals surface area contributed by atoms with E-state index < -0.39 is 6.10 Å². The molecule has 142 valence electrons. The summed E-state index contributed by atoms with van der Waals surface area (Å²) < 4.78 is 8.22. The van der Waals surface area contributed by atoms with Crippen LogP contribution in [-0.4, -0.2) is 25.3 Å². The van der Waals surface area contributed by atoms with E-state index in [2.05, 4.69) is 31.4 Å². The van der Waals surface area contributed by atoms with Crippen LogP contribution in [0.1, 0.15) is 41.6 Å². The van der Waals surface area contributed by atoms with E-state index in [1.54, 1.807) is 17.8 Å². The number of benzene rings is 2. The van der Waals surface area contributed by atoms with Crippen LogP contribution in [-0.2, 0) is 0 Å². The lowest BCUT2D eigenvalue weighted by atomic mass is 10.0. The molecule has 2 heterocycles. The first-order valence-corrected chi connectivity index (χ1v) is 9.70. The molecule has 1 N–H and O–H groups in total. The Morgan fingerprint density at radius 1 is 1.07 bits per heavy atom. The Labute approximate surface area is 170 Å². The minimum absolute atomic E-state index is 0.00386. The second-order valence-electron chi connectivity index (χ2n) is 6.63. The number of rotatable bonds is 5. The predicted molar refractivity (Wildman–Crippen MR) is 109 cm³/mol. The molecule has 7 heteroatoms. The Hall–Kier alpha value is -2.77. The summed E-state index contributed by atoms with van der Waals surface area (Å²) in [5.41, 5.74) is 3.62. The van der Waals surface area contributed by atoms with Gasteiger partial charge < -0.3 is 9.63 Å². The maximum Gasteiger partial charge on any atom is 0.173 e. The van der Waals surface area contributed by atoms with Gasteiger partial charge in [-0.25, -0.2) is 4.68 Å². The quantitative estimate of drug-likeness (QED) is 0.488. The fraction of sp³-hybridized carbons (Fsp3) is 0.190. The number of hydrogen-bond acceptors (Lipinski definition) is 5. The van der Waals surface area contributed by atoms with Crippen molar-refractivity contribution in [1.82, 2.24) is 20.2 Å². The standard InChI is InChI=1S/C21H19BrN4O2/c1-13-19(21(28-24-13)16-8-10-17(22)11-9-16)20(27)18-12-26(25-23-18)14(2)15-6-4-3-5-7-15/h3-12,14,20,27H,1-2H3/t14-,20+/m1/s1. The maximum atomic E-state index is 11.0. The fourth-order valence-electron chi connectivity index (χ4n) is 3.15. The molecule has 4 rings (SSSR count). The number of nitrogens with zero attached hydrogens (tertiary/aromatic N) is 4. The van der Waals surface area contributed by atoms with Gasteiger partial charge in [-0.2, -0.15) is 0 Å². The summed E-state index contributed by atoms with van der Waals surface area (Å²) >= 11 is 3.43. The molecule has 0 unspecified atom stereocenters. The van der Waals surface area contributed by atoms with Crippen LogP contribution in [0.15, 0.2) is 69.8 Å². The van der Waals surface area contributed by atoms with Crippen molar-refractivity contribution >= 4 is 15.9 Å². The average molecular weight is 439 g/mol. The molecule has 0 saturated carbocycles. The highest BCUT2D eigenvalue weighted by Gasteiger charge is 2.26. The van der Waals surface area contributed by atoms with E-state index in [4.69, 9.17) is 4.52 Å². The number of halogens is 1. The predicted octanol–water partition coefficient (Wildman–Crippen LogP) is 4.70. The lowest BCUT2D eigenvalue weighted by molar-refractivity contribution is 0.214. The van der Waals surface area contributed by atoms with Crippen LogP contribution in [0, 0.1) is 6.92 Å². The van der Waals surface area contributed by atoms with Gasteiger partial charge in [-0.1, -0.05) is 68.8 Å². The van der Waals surface area contributed by atoms with Gasteiger partial charge in [0.1, 0.15) is 11.8 Å². The first kappa shape index (κ1) is 18.6. The Balaban J connectivity index is 1.66. The van der Waals surface area contributed by atoms with Gasteiger partial charge in [-0.3, -0.25) is 0 Å². The molecule has 0 aliphatic heterocycles. The van der Waals surface area contributed by atoms with Crippen LogP contribution in [0.25, 0.3) is 11.3 Å². The Morgan fingerprint density at radius 2 is 1.79 bits per heavy atom. The molecule has 0 fully saturated rings. The SMILES string of the molecule is Cc1noc(-c2ccc(Br)cc2)c1[C@@H](O)c1cn([C@H](C)c2ccccc2)nn1. The molecular weight excluding hydrogens is 420 g/mol. The van der Waals surface area contributed by atoms with Crippen LogP contribution in [0.2, 0.25) is 0 Å². The molecule has 0 aliphatic carbocycles. The number of aliphatic hydroxyl groups is 1. The van der Waals surface area contributed by atoms with Crippen molar-refractivity contribution in [2.75, 3.05) is 0 Å². The van der Waals surface area contributed by atoms with Crippen LogP contribution < -0.4 is 0 Å². The van der Waals surface area contributed by atoms with Gasteiger partial charge in [-0.15, -0.1) is 5.10 Å². The largest absolute Gasteiger partial charge is 0.382 e. The second-order valence-corrected chi connectivity index (χ2v) is 7.55. The van der Waals surface area contributed by atoms with Crippen LogP contribution in [0.4, 0.5) is 0 Å². The molecule has 0 spiro atoms.